The maximum Gasteiger partial charge on any atom is 0.410 e. The number of hydrogen-bond donors (Lipinski definition) is 0. The summed E-state index contributed by atoms with van der Waals surface area (Å²) in [7, 11) is 0. The van der Waals surface area contributed by atoms with E-state index < -0.39 is 11.6 Å². The van der Waals surface area contributed by atoms with E-state index in [-0.39, 0.29) is 17.4 Å². The Balaban J connectivity index is 1.92. The Morgan fingerprint density at radius 1 is 1.32 bits per heavy atom. The first-order valence-corrected chi connectivity index (χ1v) is 6.90. The average molecular weight is 268 g/mol. The number of amides is 1. The van der Waals surface area contributed by atoms with Crippen molar-refractivity contribution in [3.05, 3.63) is 0 Å². The van der Waals surface area contributed by atoms with Gasteiger partial charge in [0.25, 0.3) is 0 Å². The first kappa shape index (κ1) is 14.2. The van der Waals surface area contributed by atoms with Crippen molar-refractivity contribution in [3.63, 3.8) is 0 Å². The largest absolute Gasteiger partial charge is 0.550 e. The normalized spacial score (nSPS) is 30.9. The van der Waals surface area contributed by atoms with Gasteiger partial charge in [0.1, 0.15) is 5.60 Å². The number of carbonyl (C=O) groups excluding carboxylic acids is 2. The molecule has 1 aliphatic carbocycles. The zero-order valence-corrected chi connectivity index (χ0v) is 11.9. The number of carboxylic acids is 1. The van der Waals surface area contributed by atoms with Crippen LogP contribution in [0.25, 0.3) is 0 Å². The van der Waals surface area contributed by atoms with Crippen LogP contribution in [0.3, 0.4) is 0 Å². The fourth-order valence-corrected chi connectivity index (χ4v) is 3.18. The van der Waals surface area contributed by atoms with E-state index in [1.54, 1.807) is 4.90 Å². The molecule has 2 rings (SSSR count). The van der Waals surface area contributed by atoms with Crippen molar-refractivity contribution in [2.75, 3.05) is 13.1 Å². The van der Waals surface area contributed by atoms with Crippen molar-refractivity contribution in [1.29, 1.82) is 0 Å². The van der Waals surface area contributed by atoms with Gasteiger partial charge in [-0.3, -0.25) is 0 Å². The zero-order valence-electron chi connectivity index (χ0n) is 11.9. The van der Waals surface area contributed by atoms with Crippen molar-refractivity contribution < 1.29 is 19.4 Å². The van der Waals surface area contributed by atoms with E-state index in [0.29, 0.717) is 25.9 Å². The molecule has 1 saturated carbocycles. The van der Waals surface area contributed by atoms with Crippen LogP contribution in [-0.4, -0.2) is 35.7 Å². The standard InChI is InChI=1S/C14H23NO4/c1-13(2,3)19-12(18)15-6-4-5-14(9-15)7-10(8-14)11(16)17/h10H,4-9H2,1-3H3,(H,16,17)/p-1. The Morgan fingerprint density at radius 2 is 1.95 bits per heavy atom. The molecule has 19 heavy (non-hydrogen) atoms. The lowest BCUT2D eigenvalue weighted by atomic mass is 9.58. The third-order valence-electron chi connectivity index (χ3n) is 4.01. The number of ether oxygens (including phenoxy) is 1. The molecule has 0 bridgehead atoms. The van der Waals surface area contributed by atoms with Gasteiger partial charge >= 0.3 is 6.09 Å². The summed E-state index contributed by atoms with van der Waals surface area (Å²) in [4.78, 5) is 24.5. The number of nitrogens with zero attached hydrogens (tertiary/aromatic N) is 1. The monoisotopic (exact) mass is 268 g/mol. The number of carbonyl (C=O) groups is 2. The number of rotatable bonds is 1. The SMILES string of the molecule is CC(C)(C)OC(=O)N1CCCC2(CC(C(=O)[O-])C2)C1. The molecule has 0 N–H and O–H groups in total. The fourth-order valence-electron chi connectivity index (χ4n) is 3.18. The van der Waals surface area contributed by atoms with E-state index in [1.165, 1.54) is 0 Å². The van der Waals surface area contributed by atoms with Crippen LogP contribution >= 0.6 is 0 Å². The smallest absolute Gasteiger partial charge is 0.410 e. The molecule has 1 heterocycles. The zero-order chi connectivity index (χ0) is 14.3. The number of piperidine rings is 1. The van der Waals surface area contributed by atoms with Crippen LogP contribution in [0.1, 0.15) is 46.5 Å². The third kappa shape index (κ3) is 3.19. The Morgan fingerprint density at radius 3 is 2.47 bits per heavy atom. The summed E-state index contributed by atoms with van der Waals surface area (Å²) >= 11 is 0. The molecule has 1 spiro atoms. The predicted octanol–water partition coefficient (Wildman–Crippen LogP) is 1.16. The van der Waals surface area contributed by atoms with Gasteiger partial charge in [-0.1, -0.05) is 0 Å². The van der Waals surface area contributed by atoms with Gasteiger partial charge in [-0.25, -0.2) is 4.79 Å². The second-order valence-corrected chi connectivity index (χ2v) is 6.93. The predicted molar refractivity (Wildman–Crippen MR) is 67.2 cm³/mol. The Bertz CT molecular complexity index is 379. The fraction of sp³-hybridized carbons (Fsp3) is 0.857. The van der Waals surface area contributed by atoms with E-state index >= 15 is 0 Å². The summed E-state index contributed by atoms with van der Waals surface area (Å²) in [5, 5.41) is 10.8. The summed E-state index contributed by atoms with van der Waals surface area (Å²) < 4.78 is 5.37. The number of aliphatic carboxylic acids is 1. The molecular formula is C14H22NO4-. The lowest BCUT2D eigenvalue weighted by molar-refractivity contribution is -0.318. The van der Waals surface area contributed by atoms with E-state index in [2.05, 4.69) is 0 Å². The molecule has 2 aliphatic rings. The molecule has 108 valence electrons. The number of likely N-dealkylation sites (tertiary alicyclic amines) is 1. The number of carboxylic acid groups (broad SMARTS) is 1. The minimum atomic E-state index is -0.958. The van der Waals surface area contributed by atoms with Gasteiger partial charge in [-0.2, -0.15) is 0 Å². The van der Waals surface area contributed by atoms with Crippen molar-refractivity contribution >= 4 is 12.1 Å². The topological polar surface area (TPSA) is 69.7 Å². The van der Waals surface area contributed by atoms with Gasteiger partial charge in [0.05, 0.1) is 0 Å². The Labute approximate surface area is 113 Å². The van der Waals surface area contributed by atoms with Gasteiger partial charge < -0.3 is 19.5 Å². The van der Waals surface area contributed by atoms with Gasteiger partial charge in [0.2, 0.25) is 0 Å². The molecule has 0 aromatic heterocycles. The highest BCUT2D eigenvalue weighted by Crippen LogP contribution is 2.51. The van der Waals surface area contributed by atoms with Gasteiger partial charge in [0, 0.05) is 19.1 Å². The molecule has 0 unspecified atom stereocenters. The van der Waals surface area contributed by atoms with Gasteiger partial charge in [-0.05, 0) is 57.8 Å². The van der Waals surface area contributed by atoms with E-state index in [4.69, 9.17) is 4.74 Å². The van der Waals surface area contributed by atoms with Crippen molar-refractivity contribution in [2.24, 2.45) is 11.3 Å². The maximum absolute atomic E-state index is 12.0. The molecule has 0 aromatic rings. The molecule has 0 aromatic carbocycles. The first-order valence-electron chi connectivity index (χ1n) is 6.90. The van der Waals surface area contributed by atoms with E-state index in [9.17, 15) is 14.7 Å². The summed E-state index contributed by atoms with van der Waals surface area (Å²) in [5.74, 6) is -1.29. The van der Waals surface area contributed by atoms with E-state index in [0.717, 1.165) is 12.8 Å². The highest BCUT2D eigenvalue weighted by atomic mass is 16.6. The third-order valence-corrected chi connectivity index (χ3v) is 4.01. The summed E-state index contributed by atoms with van der Waals surface area (Å²) in [6.07, 6.45) is 2.89. The lowest BCUT2D eigenvalue weighted by Crippen LogP contribution is -2.55. The summed E-state index contributed by atoms with van der Waals surface area (Å²) in [6.45, 7) is 6.86. The highest BCUT2D eigenvalue weighted by molar-refractivity contribution is 5.70. The summed E-state index contributed by atoms with van der Waals surface area (Å²) in [5.41, 5.74) is -0.505. The van der Waals surface area contributed by atoms with Crippen LogP contribution in [0.2, 0.25) is 0 Å². The van der Waals surface area contributed by atoms with E-state index in [1.807, 2.05) is 20.8 Å². The molecule has 1 aliphatic heterocycles. The van der Waals surface area contributed by atoms with Crippen LogP contribution in [0.15, 0.2) is 0 Å². The molecule has 2 fully saturated rings. The Kier molecular flexibility index (Phi) is 3.49. The quantitative estimate of drug-likeness (QED) is 0.715. The van der Waals surface area contributed by atoms with Crippen molar-refractivity contribution in [3.8, 4) is 0 Å². The molecular weight excluding hydrogens is 246 g/mol. The number of hydrogen-bond acceptors (Lipinski definition) is 4. The molecule has 1 amide bonds. The second kappa shape index (κ2) is 4.69. The minimum absolute atomic E-state index is 0.0140. The van der Waals surface area contributed by atoms with Crippen LogP contribution in [-0.2, 0) is 9.53 Å². The van der Waals surface area contributed by atoms with Gasteiger partial charge in [0.15, 0.2) is 0 Å². The lowest BCUT2D eigenvalue weighted by Gasteiger charge is -2.53. The second-order valence-electron chi connectivity index (χ2n) is 6.93. The molecule has 0 radical (unpaired) electrons. The van der Waals surface area contributed by atoms with Crippen molar-refractivity contribution in [2.45, 2.75) is 52.1 Å². The van der Waals surface area contributed by atoms with Crippen LogP contribution in [0.4, 0.5) is 4.79 Å². The average Bonchev–Trinajstić information content (AvgIpc) is 2.23. The summed E-state index contributed by atoms with van der Waals surface area (Å²) in [6, 6.07) is 0. The van der Waals surface area contributed by atoms with Crippen LogP contribution < -0.4 is 5.11 Å². The minimum Gasteiger partial charge on any atom is -0.550 e. The molecule has 5 nitrogen and oxygen atoms in total. The Hall–Kier alpha value is -1.26. The van der Waals surface area contributed by atoms with Crippen molar-refractivity contribution in [1.82, 2.24) is 4.90 Å². The van der Waals surface area contributed by atoms with Gasteiger partial charge in [-0.15, -0.1) is 0 Å². The first-order chi connectivity index (χ1) is 8.71. The molecule has 5 heteroatoms. The highest BCUT2D eigenvalue weighted by Gasteiger charge is 2.48. The van der Waals surface area contributed by atoms with Crippen LogP contribution in [0.5, 0.6) is 0 Å². The maximum atomic E-state index is 12.0. The van der Waals surface area contributed by atoms with Crippen LogP contribution in [0, 0.1) is 11.3 Å². The molecule has 1 saturated heterocycles. The molecule has 0 atom stereocenters.